The molecule has 6 heteroatoms. The van der Waals surface area contributed by atoms with Gasteiger partial charge in [-0.05, 0) is 13.3 Å². The summed E-state index contributed by atoms with van der Waals surface area (Å²) >= 11 is 0. The lowest BCUT2D eigenvalue weighted by atomic mass is 10.0. The number of amides is 1. The Morgan fingerprint density at radius 1 is 1.50 bits per heavy atom. The number of carboxylic acid groups (broad SMARTS) is 1. The van der Waals surface area contributed by atoms with Gasteiger partial charge in [0.2, 0.25) is 5.91 Å². The van der Waals surface area contributed by atoms with Gasteiger partial charge in [-0.25, -0.2) is 4.79 Å². The van der Waals surface area contributed by atoms with Gasteiger partial charge in [0.1, 0.15) is 6.04 Å². The maximum atomic E-state index is 11.9. The lowest BCUT2D eigenvalue weighted by Gasteiger charge is -2.28. The predicted molar refractivity (Wildman–Crippen MR) is 54.6 cm³/mol. The number of carboxylic acids is 1. The van der Waals surface area contributed by atoms with Crippen LogP contribution in [0.2, 0.25) is 0 Å². The number of carbonyl (C=O) groups excluding carboxylic acids is 1. The predicted octanol–water partition coefficient (Wildman–Crippen LogP) is -0.966. The molecule has 0 aromatic rings. The third-order valence-corrected chi connectivity index (χ3v) is 3.31. The van der Waals surface area contributed by atoms with Gasteiger partial charge in [0.15, 0.2) is 0 Å². The molecule has 2 rings (SSSR count). The Bertz CT molecular complexity index is 318. The van der Waals surface area contributed by atoms with E-state index in [0.29, 0.717) is 19.6 Å². The Hall–Kier alpha value is -1.14. The molecule has 6 nitrogen and oxygen atoms in total. The summed E-state index contributed by atoms with van der Waals surface area (Å²) in [6.45, 7) is 2.54. The van der Waals surface area contributed by atoms with Gasteiger partial charge in [-0.2, -0.15) is 0 Å². The largest absolute Gasteiger partial charge is 0.480 e. The quantitative estimate of drug-likeness (QED) is 0.634. The fraction of sp³-hybridized carbons (Fsp3) is 0.800. The molecule has 2 aliphatic rings. The number of nitrogens with zero attached hydrogens (tertiary/aromatic N) is 1. The van der Waals surface area contributed by atoms with E-state index < -0.39 is 18.1 Å². The minimum Gasteiger partial charge on any atom is -0.480 e. The highest BCUT2D eigenvalue weighted by Crippen LogP contribution is 2.34. The van der Waals surface area contributed by atoms with Gasteiger partial charge < -0.3 is 20.5 Å². The molecule has 1 amide bonds. The van der Waals surface area contributed by atoms with Crippen molar-refractivity contribution in [3.63, 3.8) is 0 Å². The monoisotopic (exact) mass is 228 g/mol. The van der Waals surface area contributed by atoms with Crippen molar-refractivity contribution in [1.82, 2.24) is 4.90 Å². The van der Waals surface area contributed by atoms with E-state index in [1.807, 2.05) is 0 Å². The minimum absolute atomic E-state index is 0.111. The molecule has 2 saturated heterocycles. The number of fused-ring (bicyclic) bond motifs is 1. The van der Waals surface area contributed by atoms with Crippen LogP contribution in [0, 0.1) is 5.92 Å². The first-order valence-corrected chi connectivity index (χ1v) is 5.40. The Balaban J connectivity index is 2.22. The van der Waals surface area contributed by atoms with Crippen molar-refractivity contribution < 1.29 is 19.4 Å². The van der Waals surface area contributed by atoms with E-state index in [2.05, 4.69) is 0 Å². The SMILES string of the molecule is C[C@H](N)C(=O)N1C2COCC2C[C@H]1C(=O)O. The van der Waals surface area contributed by atoms with Gasteiger partial charge in [0.05, 0.1) is 25.3 Å². The Kier molecular flexibility index (Phi) is 2.86. The van der Waals surface area contributed by atoms with E-state index in [4.69, 9.17) is 15.6 Å². The number of carbonyl (C=O) groups is 2. The molecule has 0 saturated carbocycles. The van der Waals surface area contributed by atoms with Crippen LogP contribution in [0.3, 0.4) is 0 Å². The Labute approximate surface area is 93.3 Å². The van der Waals surface area contributed by atoms with Crippen LogP contribution < -0.4 is 5.73 Å². The second kappa shape index (κ2) is 4.03. The molecule has 0 bridgehead atoms. The first kappa shape index (κ1) is 11.3. The number of nitrogens with two attached hydrogens (primary N) is 1. The molecule has 3 N–H and O–H groups in total. The van der Waals surface area contributed by atoms with E-state index in [1.165, 1.54) is 4.90 Å². The molecule has 0 aliphatic carbocycles. The normalized spacial score (nSPS) is 34.9. The Morgan fingerprint density at radius 3 is 2.75 bits per heavy atom. The molecule has 0 spiro atoms. The number of likely N-dealkylation sites (tertiary alicyclic amines) is 1. The zero-order valence-corrected chi connectivity index (χ0v) is 9.13. The second-order valence-corrected chi connectivity index (χ2v) is 4.49. The summed E-state index contributed by atoms with van der Waals surface area (Å²) in [4.78, 5) is 24.4. The van der Waals surface area contributed by atoms with Crippen molar-refractivity contribution >= 4 is 11.9 Å². The highest BCUT2D eigenvalue weighted by molar-refractivity contribution is 5.87. The molecule has 0 aromatic heterocycles. The minimum atomic E-state index is -0.955. The van der Waals surface area contributed by atoms with E-state index in [9.17, 15) is 9.59 Å². The van der Waals surface area contributed by atoms with Gasteiger partial charge in [-0.3, -0.25) is 4.79 Å². The van der Waals surface area contributed by atoms with E-state index in [1.54, 1.807) is 6.92 Å². The molecule has 2 heterocycles. The van der Waals surface area contributed by atoms with Crippen LogP contribution in [0.4, 0.5) is 0 Å². The average molecular weight is 228 g/mol. The summed E-state index contributed by atoms with van der Waals surface area (Å²) in [5, 5.41) is 9.09. The summed E-state index contributed by atoms with van der Waals surface area (Å²) in [7, 11) is 0. The maximum Gasteiger partial charge on any atom is 0.326 e. The van der Waals surface area contributed by atoms with Crippen LogP contribution >= 0.6 is 0 Å². The fourth-order valence-corrected chi connectivity index (χ4v) is 2.52. The third kappa shape index (κ3) is 1.68. The van der Waals surface area contributed by atoms with Crippen molar-refractivity contribution in [2.75, 3.05) is 13.2 Å². The standard InChI is InChI=1S/C10H16N2O4/c1-5(11)9(13)12-7(10(14)15)2-6-3-16-4-8(6)12/h5-8H,2-4,11H2,1H3,(H,14,15)/t5-,6?,7-,8?/m0/s1. The topological polar surface area (TPSA) is 92.9 Å². The summed E-state index contributed by atoms with van der Waals surface area (Å²) in [6.07, 6.45) is 0.471. The average Bonchev–Trinajstić information content (AvgIpc) is 2.74. The first-order valence-electron chi connectivity index (χ1n) is 5.40. The zero-order valence-electron chi connectivity index (χ0n) is 9.13. The summed E-state index contributed by atoms with van der Waals surface area (Å²) < 4.78 is 5.27. The number of rotatable bonds is 2. The molecule has 2 aliphatic heterocycles. The molecule has 2 unspecified atom stereocenters. The highest BCUT2D eigenvalue weighted by atomic mass is 16.5. The van der Waals surface area contributed by atoms with Crippen molar-refractivity contribution in [3.05, 3.63) is 0 Å². The van der Waals surface area contributed by atoms with Gasteiger partial charge in [0.25, 0.3) is 0 Å². The highest BCUT2D eigenvalue weighted by Gasteiger charge is 2.49. The van der Waals surface area contributed by atoms with Crippen molar-refractivity contribution in [1.29, 1.82) is 0 Å². The molecule has 16 heavy (non-hydrogen) atoms. The van der Waals surface area contributed by atoms with Crippen LogP contribution in [0.1, 0.15) is 13.3 Å². The number of aliphatic carboxylic acids is 1. The van der Waals surface area contributed by atoms with Crippen LogP contribution in [-0.4, -0.2) is 53.2 Å². The number of hydrogen-bond donors (Lipinski definition) is 2. The van der Waals surface area contributed by atoms with Crippen LogP contribution in [0.25, 0.3) is 0 Å². The summed E-state index contributed by atoms with van der Waals surface area (Å²) in [6, 6.07) is -1.52. The molecule has 2 fully saturated rings. The van der Waals surface area contributed by atoms with Crippen LogP contribution in [0.15, 0.2) is 0 Å². The van der Waals surface area contributed by atoms with Gasteiger partial charge >= 0.3 is 5.97 Å². The zero-order chi connectivity index (χ0) is 11.9. The van der Waals surface area contributed by atoms with Gasteiger partial charge in [-0.1, -0.05) is 0 Å². The van der Waals surface area contributed by atoms with Crippen molar-refractivity contribution in [2.45, 2.75) is 31.5 Å². The number of ether oxygens (including phenoxy) is 1. The molecule has 4 atom stereocenters. The molecule has 0 aromatic carbocycles. The summed E-state index contributed by atoms with van der Waals surface area (Å²) in [5.74, 6) is -1.11. The lowest BCUT2D eigenvalue weighted by Crippen LogP contribution is -2.51. The third-order valence-electron chi connectivity index (χ3n) is 3.31. The van der Waals surface area contributed by atoms with Crippen molar-refractivity contribution in [3.8, 4) is 0 Å². The van der Waals surface area contributed by atoms with Crippen LogP contribution in [0.5, 0.6) is 0 Å². The Morgan fingerprint density at radius 2 is 2.19 bits per heavy atom. The molecular formula is C10H16N2O4. The first-order chi connectivity index (χ1) is 7.52. The van der Waals surface area contributed by atoms with Gasteiger partial charge in [0, 0.05) is 5.92 Å². The van der Waals surface area contributed by atoms with E-state index in [0.717, 1.165) is 0 Å². The summed E-state index contributed by atoms with van der Waals surface area (Å²) in [5.41, 5.74) is 5.54. The van der Waals surface area contributed by atoms with E-state index in [-0.39, 0.29) is 17.9 Å². The lowest BCUT2D eigenvalue weighted by molar-refractivity contribution is -0.150. The van der Waals surface area contributed by atoms with Crippen molar-refractivity contribution in [2.24, 2.45) is 11.7 Å². The molecule has 0 radical (unpaired) electrons. The second-order valence-electron chi connectivity index (χ2n) is 4.49. The van der Waals surface area contributed by atoms with E-state index >= 15 is 0 Å². The fourth-order valence-electron chi connectivity index (χ4n) is 2.52. The maximum absolute atomic E-state index is 11.9. The smallest absolute Gasteiger partial charge is 0.326 e. The molecular weight excluding hydrogens is 212 g/mol. The molecule has 90 valence electrons. The van der Waals surface area contributed by atoms with Gasteiger partial charge in [-0.15, -0.1) is 0 Å². The van der Waals surface area contributed by atoms with Crippen LogP contribution in [-0.2, 0) is 14.3 Å². The number of hydrogen-bond acceptors (Lipinski definition) is 4.